The number of nitrogens with one attached hydrogen (secondary N) is 1. The third-order valence-electron chi connectivity index (χ3n) is 4.20. The van der Waals surface area contributed by atoms with Crippen LogP contribution in [0.5, 0.6) is 0 Å². The van der Waals surface area contributed by atoms with Crippen LogP contribution in [0.4, 0.5) is 0 Å². The highest BCUT2D eigenvalue weighted by atomic mass is 79.9. The lowest BCUT2D eigenvalue weighted by Gasteiger charge is -2.36. The second-order valence-electron chi connectivity index (χ2n) is 6.07. The number of amides is 1. The Morgan fingerprint density at radius 2 is 2.20 bits per heavy atom. The van der Waals surface area contributed by atoms with Gasteiger partial charge < -0.3 is 11.1 Å². The highest BCUT2D eigenvalue weighted by Gasteiger charge is 2.38. The largest absolute Gasteiger partial charge is 0.348 e. The minimum atomic E-state index is -0.701. The minimum absolute atomic E-state index is 0.0210. The first-order chi connectivity index (χ1) is 9.42. The molecular formula is C16H23BrN2O. The molecule has 1 saturated carbocycles. The van der Waals surface area contributed by atoms with Crippen molar-refractivity contribution in [2.75, 3.05) is 0 Å². The van der Waals surface area contributed by atoms with Crippen molar-refractivity contribution >= 4 is 21.8 Å². The van der Waals surface area contributed by atoms with Crippen molar-refractivity contribution in [3.05, 3.63) is 34.3 Å². The van der Waals surface area contributed by atoms with Crippen molar-refractivity contribution in [1.82, 2.24) is 5.32 Å². The van der Waals surface area contributed by atoms with Crippen LogP contribution in [0.1, 0.15) is 51.1 Å². The molecule has 0 saturated heterocycles. The van der Waals surface area contributed by atoms with Gasteiger partial charge in [0.25, 0.3) is 0 Å². The summed E-state index contributed by atoms with van der Waals surface area (Å²) < 4.78 is 1.01. The van der Waals surface area contributed by atoms with E-state index in [2.05, 4.69) is 28.2 Å². The SMILES string of the molecule is CC1CCCC(N)(C(=O)N[C@H](C)c2ccccc2Br)C1. The van der Waals surface area contributed by atoms with Crippen molar-refractivity contribution in [2.45, 2.75) is 51.1 Å². The van der Waals surface area contributed by atoms with Crippen LogP contribution in [0.2, 0.25) is 0 Å². The highest BCUT2D eigenvalue weighted by Crippen LogP contribution is 2.31. The van der Waals surface area contributed by atoms with Crippen LogP contribution in [0.3, 0.4) is 0 Å². The maximum absolute atomic E-state index is 12.5. The zero-order chi connectivity index (χ0) is 14.8. The molecule has 2 unspecified atom stereocenters. The lowest BCUT2D eigenvalue weighted by Crippen LogP contribution is -2.56. The Balaban J connectivity index is 2.06. The molecule has 20 heavy (non-hydrogen) atoms. The second kappa shape index (κ2) is 6.27. The van der Waals surface area contributed by atoms with Gasteiger partial charge in [0.05, 0.1) is 11.6 Å². The van der Waals surface area contributed by atoms with Crippen LogP contribution in [-0.2, 0) is 4.79 Å². The molecule has 0 radical (unpaired) electrons. The summed E-state index contributed by atoms with van der Waals surface area (Å²) in [5.41, 5.74) is 6.71. The lowest BCUT2D eigenvalue weighted by atomic mass is 9.76. The summed E-state index contributed by atoms with van der Waals surface area (Å²) in [6, 6.07) is 7.90. The van der Waals surface area contributed by atoms with Gasteiger partial charge in [-0.25, -0.2) is 0 Å². The molecule has 3 atom stereocenters. The molecule has 3 N–H and O–H groups in total. The number of hydrogen-bond acceptors (Lipinski definition) is 2. The Morgan fingerprint density at radius 1 is 1.50 bits per heavy atom. The first-order valence-corrected chi connectivity index (χ1v) is 8.06. The van der Waals surface area contributed by atoms with Crippen LogP contribution in [-0.4, -0.2) is 11.4 Å². The van der Waals surface area contributed by atoms with E-state index in [-0.39, 0.29) is 11.9 Å². The Labute approximate surface area is 129 Å². The third-order valence-corrected chi connectivity index (χ3v) is 4.93. The molecule has 1 aromatic rings. The Morgan fingerprint density at radius 3 is 2.85 bits per heavy atom. The lowest BCUT2D eigenvalue weighted by molar-refractivity contribution is -0.128. The van der Waals surface area contributed by atoms with Crippen LogP contribution in [0.15, 0.2) is 28.7 Å². The van der Waals surface area contributed by atoms with Crippen molar-refractivity contribution < 1.29 is 4.79 Å². The van der Waals surface area contributed by atoms with Crippen LogP contribution in [0, 0.1) is 5.92 Å². The van der Waals surface area contributed by atoms with E-state index in [4.69, 9.17) is 5.73 Å². The zero-order valence-corrected chi connectivity index (χ0v) is 13.7. The van der Waals surface area contributed by atoms with Crippen LogP contribution in [0.25, 0.3) is 0 Å². The zero-order valence-electron chi connectivity index (χ0n) is 12.2. The first-order valence-electron chi connectivity index (χ1n) is 7.26. The summed E-state index contributed by atoms with van der Waals surface area (Å²) in [4.78, 5) is 12.5. The summed E-state index contributed by atoms with van der Waals surface area (Å²) in [6.45, 7) is 4.17. The average Bonchev–Trinajstić information content (AvgIpc) is 2.38. The third kappa shape index (κ3) is 3.41. The molecule has 1 aliphatic carbocycles. The monoisotopic (exact) mass is 338 g/mol. The fourth-order valence-corrected chi connectivity index (χ4v) is 3.67. The molecule has 0 aromatic heterocycles. The van der Waals surface area contributed by atoms with E-state index < -0.39 is 5.54 Å². The topological polar surface area (TPSA) is 55.1 Å². The summed E-state index contributed by atoms with van der Waals surface area (Å²) in [6.07, 6.45) is 3.77. The first kappa shape index (κ1) is 15.5. The summed E-state index contributed by atoms with van der Waals surface area (Å²) in [5.74, 6) is 0.505. The number of carbonyl (C=O) groups is 1. The molecular weight excluding hydrogens is 316 g/mol. The summed E-state index contributed by atoms with van der Waals surface area (Å²) >= 11 is 3.52. The molecule has 1 amide bonds. The van der Waals surface area contributed by atoms with Gasteiger partial charge in [-0.1, -0.05) is 53.9 Å². The fourth-order valence-electron chi connectivity index (χ4n) is 3.04. The van der Waals surface area contributed by atoms with Crippen LogP contribution < -0.4 is 11.1 Å². The van der Waals surface area contributed by atoms with Gasteiger partial charge in [-0.15, -0.1) is 0 Å². The van der Waals surface area contributed by atoms with Gasteiger partial charge in [0.1, 0.15) is 0 Å². The smallest absolute Gasteiger partial charge is 0.240 e. The van der Waals surface area contributed by atoms with Gasteiger partial charge in [0.15, 0.2) is 0 Å². The molecule has 4 heteroatoms. The van der Waals surface area contributed by atoms with E-state index in [9.17, 15) is 4.79 Å². The van der Waals surface area contributed by atoms with Crippen molar-refractivity contribution in [3.8, 4) is 0 Å². The van der Waals surface area contributed by atoms with Gasteiger partial charge in [-0.3, -0.25) is 4.79 Å². The minimum Gasteiger partial charge on any atom is -0.348 e. The van der Waals surface area contributed by atoms with Crippen LogP contribution >= 0.6 is 15.9 Å². The van der Waals surface area contributed by atoms with E-state index in [1.54, 1.807) is 0 Å². The van der Waals surface area contributed by atoms with Crippen molar-refractivity contribution in [2.24, 2.45) is 11.7 Å². The number of nitrogens with two attached hydrogens (primary N) is 1. The molecule has 1 aromatic carbocycles. The number of rotatable bonds is 3. The Kier molecular flexibility index (Phi) is 4.86. The normalized spacial score (nSPS) is 27.9. The number of carbonyl (C=O) groups excluding carboxylic acids is 1. The highest BCUT2D eigenvalue weighted by molar-refractivity contribution is 9.10. The summed E-state index contributed by atoms with van der Waals surface area (Å²) in [7, 11) is 0. The molecule has 110 valence electrons. The quantitative estimate of drug-likeness (QED) is 0.885. The number of halogens is 1. The van der Waals surface area contributed by atoms with Gasteiger partial charge in [0, 0.05) is 4.47 Å². The molecule has 0 aliphatic heterocycles. The number of hydrogen-bond donors (Lipinski definition) is 2. The molecule has 0 heterocycles. The predicted molar refractivity (Wildman–Crippen MR) is 85.3 cm³/mol. The van der Waals surface area contributed by atoms with E-state index in [0.717, 1.165) is 29.3 Å². The average molecular weight is 339 g/mol. The molecule has 3 nitrogen and oxygen atoms in total. The Hall–Kier alpha value is -0.870. The van der Waals surface area contributed by atoms with Gasteiger partial charge in [-0.05, 0) is 37.3 Å². The van der Waals surface area contributed by atoms with Gasteiger partial charge in [-0.2, -0.15) is 0 Å². The van der Waals surface area contributed by atoms with E-state index >= 15 is 0 Å². The molecule has 0 bridgehead atoms. The van der Waals surface area contributed by atoms with Gasteiger partial charge >= 0.3 is 0 Å². The second-order valence-corrected chi connectivity index (χ2v) is 6.93. The molecule has 0 spiro atoms. The maximum Gasteiger partial charge on any atom is 0.240 e. The maximum atomic E-state index is 12.5. The van der Waals surface area contributed by atoms with E-state index in [0.29, 0.717) is 5.92 Å². The predicted octanol–water partition coefficient (Wildman–Crippen LogP) is 3.53. The van der Waals surface area contributed by atoms with E-state index in [1.165, 1.54) is 6.42 Å². The van der Waals surface area contributed by atoms with Crippen molar-refractivity contribution in [1.29, 1.82) is 0 Å². The number of benzene rings is 1. The molecule has 2 rings (SSSR count). The van der Waals surface area contributed by atoms with Crippen molar-refractivity contribution in [3.63, 3.8) is 0 Å². The Bertz CT molecular complexity index is 491. The standard InChI is InChI=1S/C16H23BrN2O/c1-11-6-5-9-16(18,10-11)15(20)19-12(2)13-7-3-4-8-14(13)17/h3-4,7-8,11-12H,5-6,9-10,18H2,1-2H3,(H,19,20)/t11?,12-,16?/m1/s1. The van der Waals surface area contributed by atoms with Gasteiger partial charge in [0.2, 0.25) is 5.91 Å². The molecule has 1 aliphatic rings. The summed E-state index contributed by atoms with van der Waals surface area (Å²) in [5, 5.41) is 3.07. The van der Waals surface area contributed by atoms with E-state index in [1.807, 2.05) is 31.2 Å². The molecule has 1 fully saturated rings. The fraction of sp³-hybridized carbons (Fsp3) is 0.562.